The maximum Gasteiger partial charge on any atom is 0.335 e. The highest BCUT2D eigenvalue weighted by Crippen LogP contribution is 2.24. The Kier molecular flexibility index (Phi) is 5.91. The molecule has 0 fully saturated rings. The highest BCUT2D eigenvalue weighted by atomic mass is 32.2. The van der Waals surface area contributed by atoms with Crippen LogP contribution >= 0.6 is 11.8 Å². The lowest BCUT2D eigenvalue weighted by atomic mass is 10.1. The molecule has 2 aromatic carbocycles. The third-order valence-electron chi connectivity index (χ3n) is 3.57. The molecule has 6 nitrogen and oxygen atoms in total. The van der Waals surface area contributed by atoms with Crippen molar-refractivity contribution in [2.24, 2.45) is 0 Å². The standard InChI is InChI=1S/C19H18N2O4S/c1-13-6-8-14(9-7-13)17-20-21-19(25-17)26-11-3-10-24-16-5-2-4-15(12-16)18(22)23/h2,4-9,12H,3,10-11H2,1H3,(H,22,23). The minimum Gasteiger partial charge on any atom is -0.494 e. The van der Waals surface area contributed by atoms with Gasteiger partial charge in [-0.05, 0) is 43.7 Å². The van der Waals surface area contributed by atoms with Crippen LogP contribution < -0.4 is 4.74 Å². The van der Waals surface area contributed by atoms with Crippen molar-refractivity contribution in [1.29, 1.82) is 0 Å². The molecule has 0 aliphatic heterocycles. The molecule has 0 radical (unpaired) electrons. The second-order valence-electron chi connectivity index (χ2n) is 5.62. The summed E-state index contributed by atoms with van der Waals surface area (Å²) in [7, 11) is 0. The number of rotatable bonds is 8. The average Bonchev–Trinajstić information content (AvgIpc) is 3.11. The van der Waals surface area contributed by atoms with Gasteiger partial charge in [-0.3, -0.25) is 0 Å². The van der Waals surface area contributed by atoms with E-state index in [9.17, 15) is 4.79 Å². The van der Waals surface area contributed by atoms with Crippen LogP contribution in [-0.4, -0.2) is 33.6 Å². The van der Waals surface area contributed by atoms with Crippen molar-refractivity contribution >= 4 is 17.7 Å². The summed E-state index contributed by atoms with van der Waals surface area (Å²) in [4.78, 5) is 10.9. The summed E-state index contributed by atoms with van der Waals surface area (Å²) in [6.45, 7) is 2.51. The predicted octanol–water partition coefficient (Wildman–Crippen LogP) is 4.30. The molecular formula is C19H18N2O4S. The largest absolute Gasteiger partial charge is 0.494 e. The maximum absolute atomic E-state index is 10.9. The van der Waals surface area contributed by atoms with E-state index in [-0.39, 0.29) is 5.56 Å². The van der Waals surface area contributed by atoms with Gasteiger partial charge < -0.3 is 14.3 Å². The van der Waals surface area contributed by atoms with Crippen molar-refractivity contribution in [3.05, 3.63) is 59.7 Å². The van der Waals surface area contributed by atoms with Crippen molar-refractivity contribution in [1.82, 2.24) is 10.2 Å². The van der Waals surface area contributed by atoms with E-state index in [0.717, 1.165) is 17.7 Å². The number of aromatic carboxylic acids is 1. The zero-order chi connectivity index (χ0) is 18.4. The predicted molar refractivity (Wildman–Crippen MR) is 98.7 cm³/mol. The van der Waals surface area contributed by atoms with Crippen LogP contribution in [0.15, 0.2) is 58.2 Å². The molecule has 0 bridgehead atoms. The third kappa shape index (κ3) is 4.86. The van der Waals surface area contributed by atoms with Crippen LogP contribution in [-0.2, 0) is 0 Å². The smallest absolute Gasteiger partial charge is 0.335 e. The molecule has 0 saturated heterocycles. The minimum atomic E-state index is -0.966. The van der Waals surface area contributed by atoms with E-state index in [1.165, 1.54) is 29.5 Å². The molecule has 1 aromatic heterocycles. The van der Waals surface area contributed by atoms with Gasteiger partial charge in [0.15, 0.2) is 0 Å². The number of ether oxygens (including phenoxy) is 1. The first-order valence-corrected chi connectivity index (χ1v) is 9.10. The molecule has 0 atom stereocenters. The zero-order valence-electron chi connectivity index (χ0n) is 14.2. The van der Waals surface area contributed by atoms with Crippen molar-refractivity contribution in [2.75, 3.05) is 12.4 Å². The first kappa shape index (κ1) is 18.0. The van der Waals surface area contributed by atoms with Gasteiger partial charge in [0, 0.05) is 11.3 Å². The highest BCUT2D eigenvalue weighted by Gasteiger charge is 2.09. The van der Waals surface area contributed by atoms with Crippen molar-refractivity contribution in [3.8, 4) is 17.2 Å². The van der Waals surface area contributed by atoms with Gasteiger partial charge in [0.1, 0.15) is 5.75 Å². The van der Waals surface area contributed by atoms with E-state index in [2.05, 4.69) is 10.2 Å². The molecule has 0 saturated carbocycles. The molecule has 3 aromatic rings. The van der Waals surface area contributed by atoms with Crippen molar-refractivity contribution in [3.63, 3.8) is 0 Å². The highest BCUT2D eigenvalue weighted by molar-refractivity contribution is 7.99. The van der Waals surface area contributed by atoms with Crippen LogP contribution in [0.25, 0.3) is 11.5 Å². The molecule has 0 aliphatic rings. The summed E-state index contributed by atoms with van der Waals surface area (Å²) in [6, 6.07) is 14.4. The summed E-state index contributed by atoms with van der Waals surface area (Å²) in [5.41, 5.74) is 2.29. The molecular weight excluding hydrogens is 352 g/mol. The van der Waals surface area contributed by atoms with Crippen molar-refractivity contribution < 1.29 is 19.1 Å². The lowest BCUT2D eigenvalue weighted by molar-refractivity contribution is 0.0696. The van der Waals surface area contributed by atoms with E-state index in [0.29, 0.717) is 23.5 Å². The Morgan fingerprint density at radius 1 is 1.19 bits per heavy atom. The van der Waals surface area contributed by atoms with Crippen LogP contribution in [0.1, 0.15) is 22.3 Å². The number of benzene rings is 2. The van der Waals surface area contributed by atoms with Crippen LogP contribution in [0.4, 0.5) is 0 Å². The molecule has 0 unspecified atom stereocenters. The molecule has 1 N–H and O–H groups in total. The normalized spacial score (nSPS) is 10.7. The molecule has 26 heavy (non-hydrogen) atoms. The molecule has 7 heteroatoms. The number of hydrogen-bond acceptors (Lipinski definition) is 6. The number of carbonyl (C=O) groups is 1. The fourth-order valence-electron chi connectivity index (χ4n) is 2.21. The van der Waals surface area contributed by atoms with Gasteiger partial charge >= 0.3 is 5.97 Å². The number of hydrogen-bond donors (Lipinski definition) is 1. The van der Waals surface area contributed by atoms with E-state index >= 15 is 0 Å². The first-order chi connectivity index (χ1) is 12.6. The Morgan fingerprint density at radius 2 is 2.00 bits per heavy atom. The van der Waals surface area contributed by atoms with E-state index < -0.39 is 5.97 Å². The second kappa shape index (κ2) is 8.53. The van der Waals surface area contributed by atoms with E-state index in [1.54, 1.807) is 12.1 Å². The fourth-order valence-corrected chi connectivity index (χ4v) is 2.88. The SMILES string of the molecule is Cc1ccc(-c2nnc(SCCCOc3cccc(C(=O)O)c3)o2)cc1. The monoisotopic (exact) mass is 370 g/mol. The van der Waals surface area contributed by atoms with Crippen LogP contribution in [0.5, 0.6) is 5.75 Å². The van der Waals surface area contributed by atoms with Gasteiger partial charge in [-0.1, -0.05) is 35.5 Å². The third-order valence-corrected chi connectivity index (χ3v) is 4.47. The summed E-state index contributed by atoms with van der Waals surface area (Å²) in [6.07, 6.45) is 0.768. The van der Waals surface area contributed by atoms with Crippen molar-refractivity contribution in [2.45, 2.75) is 18.6 Å². The van der Waals surface area contributed by atoms with E-state index in [1.807, 2.05) is 31.2 Å². The molecule has 134 valence electrons. The Hall–Kier alpha value is -2.80. The van der Waals surface area contributed by atoms with Gasteiger partial charge in [0.05, 0.1) is 12.2 Å². The molecule has 0 aliphatic carbocycles. The Labute approximate surface area is 155 Å². The molecule has 0 amide bonds. The van der Waals surface area contributed by atoms with Gasteiger partial charge in [-0.25, -0.2) is 4.79 Å². The lowest BCUT2D eigenvalue weighted by Crippen LogP contribution is -2.01. The van der Waals surface area contributed by atoms with Gasteiger partial charge in [-0.15, -0.1) is 10.2 Å². The molecule has 3 rings (SSSR count). The number of nitrogens with zero attached hydrogens (tertiary/aromatic N) is 2. The lowest BCUT2D eigenvalue weighted by Gasteiger charge is -2.06. The van der Waals surface area contributed by atoms with Crippen LogP contribution in [0.2, 0.25) is 0 Å². The molecule has 1 heterocycles. The topological polar surface area (TPSA) is 85.5 Å². The minimum absolute atomic E-state index is 0.214. The zero-order valence-corrected chi connectivity index (χ0v) is 15.0. The van der Waals surface area contributed by atoms with Gasteiger partial charge in [0.2, 0.25) is 5.89 Å². The Balaban J connectivity index is 1.43. The number of carboxylic acids is 1. The number of thioether (sulfide) groups is 1. The summed E-state index contributed by atoms with van der Waals surface area (Å²) < 4.78 is 11.2. The first-order valence-electron chi connectivity index (χ1n) is 8.11. The van der Waals surface area contributed by atoms with E-state index in [4.69, 9.17) is 14.3 Å². The van der Waals surface area contributed by atoms with Gasteiger partial charge in [-0.2, -0.15) is 0 Å². The Morgan fingerprint density at radius 3 is 2.77 bits per heavy atom. The van der Waals surface area contributed by atoms with Crippen LogP contribution in [0.3, 0.4) is 0 Å². The number of aromatic nitrogens is 2. The number of carboxylic acid groups (broad SMARTS) is 1. The quantitative estimate of drug-likeness (QED) is 0.467. The van der Waals surface area contributed by atoms with Crippen LogP contribution in [0, 0.1) is 6.92 Å². The second-order valence-corrected chi connectivity index (χ2v) is 6.67. The summed E-state index contributed by atoms with van der Waals surface area (Å²) in [5.74, 6) is 0.851. The maximum atomic E-state index is 10.9. The summed E-state index contributed by atoms with van der Waals surface area (Å²) in [5, 5.41) is 17.6. The average molecular weight is 370 g/mol. The fraction of sp³-hybridized carbons (Fsp3) is 0.211. The Bertz CT molecular complexity index is 877. The number of aryl methyl sites for hydroxylation is 1. The summed E-state index contributed by atoms with van der Waals surface area (Å²) >= 11 is 1.47. The van der Waals surface area contributed by atoms with Gasteiger partial charge in [0.25, 0.3) is 5.22 Å². The molecule has 0 spiro atoms.